The molecule has 0 aliphatic carbocycles. The summed E-state index contributed by atoms with van der Waals surface area (Å²) in [6.45, 7) is 8.99. The number of carbonyl (C=O) groups is 2. The van der Waals surface area contributed by atoms with Crippen molar-refractivity contribution in [1.29, 1.82) is 0 Å². The largest absolute Gasteiger partial charge is 0.481 e. The highest BCUT2D eigenvalue weighted by molar-refractivity contribution is 5.73. The third-order valence-electron chi connectivity index (χ3n) is 3.39. The summed E-state index contributed by atoms with van der Waals surface area (Å²) in [5.41, 5.74) is 0. The first kappa shape index (κ1) is 14.0. The minimum absolute atomic E-state index is 0.100. The van der Waals surface area contributed by atoms with Crippen molar-refractivity contribution in [2.75, 3.05) is 32.7 Å². The van der Waals surface area contributed by atoms with Gasteiger partial charge in [0.05, 0.1) is 5.92 Å². The monoisotopic (exact) mass is 242 g/mol. The topological polar surface area (TPSA) is 60.9 Å². The fraction of sp³-hybridized carbons (Fsp3) is 0.833. The second-order valence-corrected chi connectivity index (χ2v) is 5.00. The molecule has 0 bridgehead atoms. The normalized spacial score (nSPS) is 19.4. The molecule has 1 fully saturated rings. The summed E-state index contributed by atoms with van der Waals surface area (Å²) < 4.78 is 0. The second-order valence-electron chi connectivity index (χ2n) is 5.00. The Kier molecular flexibility index (Phi) is 4.93. The van der Waals surface area contributed by atoms with Crippen molar-refractivity contribution < 1.29 is 14.7 Å². The van der Waals surface area contributed by atoms with Gasteiger partial charge in [-0.1, -0.05) is 13.8 Å². The van der Waals surface area contributed by atoms with Crippen molar-refractivity contribution in [2.24, 2.45) is 11.8 Å². The highest BCUT2D eigenvalue weighted by atomic mass is 16.4. The van der Waals surface area contributed by atoms with Gasteiger partial charge in [-0.2, -0.15) is 0 Å². The molecule has 0 aromatic carbocycles. The molecule has 17 heavy (non-hydrogen) atoms. The molecule has 1 N–H and O–H groups in total. The smallest absolute Gasteiger partial charge is 0.308 e. The van der Waals surface area contributed by atoms with Gasteiger partial charge in [0.1, 0.15) is 0 Å². The van der Waals surface area contributed by atoms with Crippen molar-refractivity contribution in [1.82, 2.24) is 9.80 Å². The van der Waals surface area contributed by atoms with Gasteiger partial charge < -0.3 is 10.0 Å². The van der Waals surface area contributed by atoms with E-state index in [4.69, 9.17) is 5.11 Å². The van der Waals surface area contributed by atoms with Gasteiger partial charge in [0.25, 0.3) is 0 Å². The van der Waals surface area contributed by atoms with E-state index in [2.05, 4.69) is 4.90 Å². The Morgan fingerprint density at radius 2 is 1.71 bits per heavy atom. The molecule has 1 saturated heterocycles. The Hall–Kier alpha value is -1.10. The Labute approximate surface area is 102 Å². The Bertz CT molecular complexity index is 283. The maximum atomic E-state index is 11.2. The number of carboxylic acids is 1. The summed E-state index contributed by atoms with van der Waals surface area (Å²) in [6, 6.07) is 0. The lowest BCUT2D eigenvalue weighted by atomic mass is 9.95. The summed E-state index contributed by atoms with van der Waals surface area (Å²) in [6.07, 6.45) is 0. The van der Waals surface area contributed by atoms with Crippen LogP contribution >= 0.6 is 0 Å². The number of carbonyl (C=O) groups excluding carboxylic acids is 1. The summed E-state index contributed by atoms with van der Waals surface area (Å²) in [4.78, 5) is 26.2. The highest BCUT2D eigenvalue weighted by Gasteiger charge is 2.26. The van der Waals surface area contributed by atoms with Gasteiger partial charge in [0.2, 0.25) is 5.91 Å². The molecular weight excluding hydrogens is 220 g/mol. The lowest BCUT2D eigenvalue weighted by molar-refractivity contribution is -0.144. The van der Waals surface area contributed by atoms with Crippen LogP contribution in [0, 0.1) is 11.8 Å². The number of hydrogen-bond donors (Lipinski definition) is 1. The third-order valence-corrected chi connectivity index (χ3v) is 3.39. The van der Waals surface area contributed by atoms with Crippen LogP contribution in [-0.2, 0) is 9.59 Å². The van der Waals surface area contributed by atoms with Gasteiger partial charge >= 0.3 is 5.97 Å². The van der Waals surface area contributed by atoms with Crippen LogP contribution in [0.1, 0.15) is 20.8 Å². The molecule has 1 heterocycles. The Morgan fingerprint density at radius 1 is 1.18 bits per heavy atom. The van der Waals surface area contributed by atoms with Gasteiger partial charge in [0, 0.05) is 39.6 Å². The standard InChI is InChI=1S/C12H22N2O3/c1-9(2)11(12(16)17)8-13-4-6-14(7-5-13)10(3)15/h9,11H,4-8H2,1-3H3,(H,16,17). The SMILES string of the molecule is CC(=O)N1CCN(CC(C(=O)O)C(C)C)CC1. The summed E-state index contributed by atoms with van der Waals surface area (Å²) in [5, 5.41) is 9.12. The number of piperazine rings is 1. The Morgan fingerprint density at radius 3 is 2.06 bits per heavy atom. The zero-order valence-electron chi connectivity index (χ0n) is 10.8. The number of aliphatic carboxylic acids is 1. The first-order valence-corrected chi connectivity index (χ1v) is 6.12. The number of nitrogens with zero attached hydrogens (tertiary/aromatic N) is 2. The zero-order valence-corrected chi connectivity index (χ0v) is 10.8. The minimum atomic E-state index is -0.728. The van der Waals surface area contributed by atoms with Crippen molar-refractivity contribution in [3.8, 4) is 0 Å². The van der Waals surface area contributed by atoms with Crippen LogP contribution in [0.5, 0.6) is 0 Å². The van der Waals surface area contributed by atoms with Crippen LogP contribution in [0.3, 0.4) is 0 Å². The fourth-order valence-electron chi connectivity index (χ4n) is 2.10. The number of amides is 1. The number of carboxylic acid groups (broad SMARTS) is 1. The number of hydrogen-bond acceptors (Lipinski definition) is 3. The maximum absolute atomic E-state index is 11.2. The second kappa shape index (κ2) is 6.00. The first-order chi connectivity index (χ1) is 7.91. The van der Waals surface area contributed by atoms with Gasteiger partial charge in [0.15, 0.2) is 0 Å². The molecule has 0 spiro atoms. The van der Waals surface area contributed by atoms with Crippen molar-refractivity contribution in [3.63, 3.8) is 0 Å². The van der Waals surface area contributed by atoms with E-state index in [9.17, 15) is 9.59 Å². The average molecular weight is 242 g/mol. The first-order valence-electron chi connectivity index (χ1n) is 6.12. The van der Waals surface area contributed by atoms with Crippen LogP contribution in [0.25, 0.3) is 0 Å². The molecule has 1 aliphatic heterocycles. The third kappa shape index (κ3) is 4.00. The molecule has 1 unspecified atom stereocenters. The lowest BCUT2D eigenvalue weighted by Crippen LogP contribution is -2.50. The van der Waals surface area contributed by atoms with Crippen LogP contribution in [0.15, 0.2) is 0 Å². The van der Waals surface area contributed by atoms with Crippen molar-refractivity contribution in [2.45, 2.75) is 20.8 Å². The Balaban J connectivity index is 2.44. The highest BCUT2D eigenvalue weighted by Crippen LogP contribution is 2.14. The molecule has 1 amide bonds. The van der Waals surface area contributed by atoms with Gasteiger partial charge in [-0.05, 0) is 5.92 Å². The van der Waals surface area contributed by atoms with E-state index < -0.39 is 5.97 Å². The molecule has 0 aromatic heterocycles. The van der Waals surface area contributed by atoms with Crippen LogP contribution in [-0.4, -0.2) is 59.5 Å². The average Bonchev–Trinajstić information content (AvgIpc) is 2.25. The van der Waals surface area contributed by atoms with Gasteiger partial charge in [-0.15, -0.1) is 0 Å². The molecule has 5 nitrogen and oxygen atoms in total. The van der Waals surface area contributed by atoms with E-state index in [1.807, 2.05) is 18.7 Å². The molecule has 98 valence electrons. The van der Waals surface area contributed by atoms with E-state index in [0.29, 0.717) is 19.6 Å². The zero-order chi connectivity index (χ0) is 13.0. The summed E-state index contributed by atoms with van der Waals surface area (Å²) >= 11 is 0. The molecule has 0 radical (unpaired) electrons. The number of rotatable bonds is 4. The predicted octanol–water partition coefficient (Wildman–Crippen LogP) is 0.507. The fourth-order valence-corrected chi connectivity index (χ4v) is 2.10. The summed E-state index contributed by atoms with van der Waals surface area (Å²) in [5.74, 6) is -0.811. The quantitative estimate of drug-likeness (QED) is 0.780. The summed E-state index contributed by atoms with van der Waals surface area (Å²) in [7, 11) is 0. The molecule has 1 rings (SSSR count). The van der Waals surface area contributed by atoms with Crippen LogP contribution in [0.4, 0.5) is 0 Å². The molecule has 0 saturated carbocycles. The maximum Gasteiger partial charge on any atom is 0.308 e. The van der Waals surface area contributed by atoms with E-state index in [1.54, 1.807) is 6.92 Å². The van der Waals surface area contributed by atoms with Crippen molar-refractivity contribution in [3.05, 3.63) is 0 Å². The van der Waals surface area contributed by atoms with Gasteiger partial charge in [-0.3, -0.25) is 14.5 Å². The molecule has 1 aliphatic rings. The minimum Gasteiger partial charge on any atom is -0.481 e. The van der Waals surface area contributed by atoms with Crippen molar-refractivity contribution >= 4 is 11.9 Å². The van der Waals surface area contributed by atoms with E-state index in [-0.39, 0.29) is 17.7 Å². The van der Waals surface area contributed by atoms with Crippen LogP contribution < -0.4 is 0 Å². The van der Waals surface area contributed by atoms with E-state index >= 15 is 0 Å². The van der Waals surface area contributed by atoms with Crippen LogP contribution in [0.2, 0.25) is 0 Å². The lowest BCUT2D eigenvalue weighted by Gasteiger charge is -2.35. The van der Waals surface area contributed by atoms with Gasteiger partial charge in [-0.25, -0.2) is 0 Å². The molecule has 5 heteroatoms. The predicted molar refractivity (Wildman–Crippen MR) is 64.7 cm³/mol. The molecular formula is C12H22N2O3. The molecule has 0 aromatic rings. The molecule has 1 atom stereocenters. The van der Waals surface area contributed by atoms with E-state index in [1.165, 1.54) is 0 Å². The van der Waals surface area contributed by atoms with E-state index in [0.717, 1.165) is 13.1 Å².